The SMILES string of the molecule is CCC[C@@H](CNc1ccc(C(C)C)nn1)N(C)C. The van der Waals surface area contributed by atoms with Gasteiger partial charge in [-0.25, -0.2) is 0 Å². The monoisotopic (exact) mass is 250 g/mol. The molecule has 0 aliphatic heterocycles. The lowest BCUT2D eigenvalue weighted by Gasteiger charge is -2.24. The molecule has 0 spiro atoms. The second-order valence-electron chi connectivity index (χ2n) is 5.29. The predicted octanol–water partition coefficient (Wildman–Crippen LogP) is 2.74. The quantitative estimate of drug-likeness (QED) is 0.808. The first-order chi connectivity index (χ1) is 8.54. The Labute approximate surface area is 111 Å². The molecule has 0 bridgehead atoms. The van der Waals surface area contributed by atoms with Crippen LogP contribution < -0.4 is 5.32 Å². The van der Waals surface area contributed by atoms with Crippen LogP contribution in [0.2, 0.25) is 0 Å². The highest BCUT2D eigenvalue weighted by Crippen LogP contribution is 2.12. The van der Waals surface area contributed by atoms with Crippen molar-refractivity contribution in [2.75, 3.05) is 26.0 Å². The van der Waals surface area contributed by atoms with Gasteiger partial charge < -0.3 is 10.2 Å². The van der Waals surface area contributed by atoms with E-state index in [1.807, 2.05) is 12.1 Å². The standard InChI is InChI=1S/C14H26N4/c1-6-7-12(18(4)5)10-15-14-9-8-13(11(2)3)16-17-14/h8-9,11-12H,6-7,10H2,1-5H3,(H,15,17)/t12-/m0/s1. The average Bonchev–Trinajstić information content (AvgIpc) is 2.34. The van der Waals surface area contributed by atoms with Gasteiger partial charge in [0.2, 0.25) is 0 Å². The van der Waals surface area contributed by atoms with E-state index in [0.717, 1.165) is 18.1 Å². The first-order valence-corrected chi connectivity index (χ1v) is 6.78. The average molecular weight is 250 g/mol. The third kappa shape index (κ3) is 4.61. The summed E-state index contributed by atoms with van der Waals surface area (Å²) in [7, 11) is 4.24. The molecule has 4 heteroatoms. The number of anilines is 1. The number of aromatic nitrogens is 2. The van der Waals surface area contributed by atoms with Gasteiger partial charge in [-0.3, -0.25) is 0 Å². The van der Waals surface area contributed by atoms with E-state index in [0.29, 0.717) is 12.0 Å². The summed E-state index contributed by atoms with van der Waals surface area (Å²) in [5.41, 5.74) is 1.04. The van der Waals surface area contributed by atoms with Crippen LogP contribution in [0.4, 0.5) is 5.82 Å². The molecule has 0 aliphatic carbocycles. The van der Waals surface area contributed by atoms with Crippen LogP contribution in [-0.2, 0) is 0 Å². The van der Waals surface area contributed by atoms with Gasteiger partial charge in [-0.05, 0) is 38.6 Å². The summed E-state index contributed by atoms with van der Waals surface area (Å²) in [4.78, 5) is 2.26. The summed E-state index contributed by atoms with van der Waals surface area (Å²) in [5, 5.41) is 11.8. The van der Waals surface area contributed by atoms with Crippen molar-refractivity contribution < 1.29 is 0 Å². The molecular formula is C14H26N4. The molecule has 0 unspecified atom stereocenters. The summed E-state index contributed by atoms with van der Waals surface area (Å²) >= 11 is 0. The zero-order valence-corrected chi connectivity index (χ0v) is 12.3. The van der Waals surface area contributed by atoms with Crippen LogP contribution in [0, 0.1) is 0 Å². The second-order valence-corrected chi connectivity index (χ2v) is 5.29. The molecule has 1 aromatic rings. The van der Waals surface area contributed by atoms with E-state index in [2.05, 4.69) is 55.3 Å². The second kappa shape index (κ2) is 7.31. The minimum Gasteiger partial charge on any atom is -0.367 e. The third-order valence-electron chi connectivity index (χ3n) is 3.15. The highest BCUT2D eigenvalue weighted by Gasteiger charge is 2.10. The Kier molecular flexibility index (Phi) is 6.05. The molecule has 0 aromatic carbocycles. The van der Waals surface area contributed by atoms with Crippen molar-refractivity contribution in [3.05, 3.63) is 17.8 Å². The molecule has 18 heavy (non-hydrogen) atoms. The fourth-order valence-corrected chi connectivity index (χ4v) is 1.84. The summed E-state index contributed by atoms with van der Waals surface area (Å²) in [6.45, 7) is 7.38. The molecule has 4 nitrogen and oxygen atoms in total. The maximum absolute atomic E-state index is 4.22. The van der Waals surface area contributed by atoms with Crippen molar-refractivity contribution in [1.29, 1.82) is 0 Å². The molecule has 0 saturated heterocycles. The molecule has 1 atom stereocenters. The van der Waals surface area contributed by atoms with Crippen LogP contribution in [0.3, 0.4) is 0 Å². The van der Waals surface area contributed by atoms with E-state index < -0.39 is 0 Å². The van der Waals surface area contributed by atoms with Gasteiger partial charge in [0, 0.05) is 12.6 Å². The molecule has 0 fully saturated rings. The Morgan fingerprint density at radius 2 is 1.94 bits per heavy atom. The van der Waals surface area contributed by atoms with Gasteiger partial charge in [0.25, 0.3) is 0 Å². The molecule has 1 N–H and O–H groups in total. The number of hydrogen-bond donors (Lipinski definition) is 1. The van der Waals surface area contributed by atoms with Gasteiger partial charge in [0.05, 0.1) is 5.69 Å². The summed E-state index contributed by atoms with van der Waals surface area (Å²) < 4.78 is 0. The molecule has 1 heterocycles. The van der Waals surface area contributed by atoms with Crippen molar-refractivity contribution in [3.8, 4) is 0 Å². The van der Waals surface area contributed by atoms with Crippen molar-refractivity contribution >= 4 is 5.82 Å². The normalized spacial score (nSPS) is 13.1. The van der Waals surface area contributed by atoms with Gasteiger partial charge in [0.15, 0.2) is 0 Å². The van der Waals surface area contributed by atoms with Gasteiger partial charge >= 0.3 is 0 Å². The molecule has 0 aliphatic rings. The van der Waals surface area contributed by atoms with Crippen molar-refractivity contribution in [3.63, 3.8) is 0 Å². The lowest BCUT2D eigenvalue weighted by atomic mass is 10.1. The summed E-state index contributed by atoms with van der Waals surface area (Å²) in [5.74, 6) is 1.29. The van der Waals surface area contributed by atoms with E-state index in [9.17, 15) is 0 Å². The largest absolute Gasteiger partial charge is 0.367 e. The molecule has 0 radical (unpaired) electrons. The molecule has 0 amide bonds. The zero-order chi connectivity index (χ0) is 13.5. The molecule has 1 rings (SSSR count). The number of rotatable bonds is 7. The van der Waals surface area contributed by atoms with Crippen LogP contribution in [0.25, 0.3) is 0 Å². The van der Waals surface area contributed by atoms with Crippen LogP contribution >= 0.6 is 0 Å². The van der Waals surface area contributed by atoms with Crippen molar-refractivity contribution in [2.45, 2.75) is 45.6 Å². The fraction of sp³-hybridized carbons (Fsp3) is 0.714. The maximum Gasteiger partial charge on any atom is 0.148 e. The molecule has 102 valence electrons. The van der Waals surface area contributed by atoms with Crippen LogP contribution in [0.5, 0.6) is 0 Å². The van der Waals surface area contributed by atoms with Crippen LogP contribution in [0.15, 0.2) is 12.1 Å². The van der Waals surface area contributed by atoms with Gasteiger partial charge in [-0.15, -0.1) is 5.10 Å². The number of likely N-dealkylation sites (N-methyl/N-ethyl adjacent to an activating group) is 1. The smallest absolute Gasteiger partial charge is 0.148 e. The van der Waals surface area contributed by atoms with Crippen LogP contribution in [0.1, 0.15) is 45.2 Å². The van der Waals surface area contributed by atoms with Gasteiger partial charge in [-0.1, -0.05) is 27.2 Å². The van der Waals surface area contributed by atoms with Crippen molar-refractivity contribution in [2.24, 2.45) is 0 Å². The highest BCUT2D eigenvalue weighted by atomic mass is 15.2. The summed E-state index contributed by atoms with van der Waals surface area (Å²) in [6.07, 6.45) is 2.39. The molecular weight excluding hydrogens is 224 g/mol. The molecule has 0 saturated carbocycles. The molecule has 1 aromatic heterocycles. The Hall–Kier alpha value is -1.16. The van der Waals surface area contributed by atoms with E-state index in [4.69, 9.17) is 0 Å². The van der Waals surface area contributed by atoms with Gasteiger partial charge in [0.1, 0.15) is 5.82 Å². The maximum atomic E-state index is 4.22. The summed E-state index contributed by atoms with van der Waals surface area (Å²) in [6, 6.07) is 4.60. The predicted molar refractivity (Wildman–Crippen MR) is 77.0 cm³/mol. The Bertz CT molecular complexity index is 332. The fourth-order valence-electron chi connectivity index (χ4n) is 1.84. The first kappa shape index (κ1) is 14.9. The minimum atomic E-state index is 0.432. The minimum absolute atomic E-state index is 0.432. The third-order valence-corrected chi connectivity index (χ3v) is 3.15. The number of nitrogens with zero attached hydrogens (tertiary/aromatic N) is 3. The lowest BCUT2D eigenvalue weighted by molar-refractivity contribution is 0.288. The Morgan fingerprint density at radius 1 is 1.22 bits per heavy atom. The Balaban J connectivity index is 2.51. The van der Waals surface area contributed by atoms with Gasteiger partial charge in [-0.2, -0.15) is 5.10 Å². The lowest BCUT2D eigenvalue weighted by Crippen LogP contribution is -2.34. The van der Waals surface area contributed by atoms with Crippen molar-refractivity contribution in [1.82, 2.24) is 15.1 Å². The first-order valence-electron chi connectivity index (χ1n) is 6.78. The van der Waals surface area contributed by atoms with Crippen LogP contribution in [-0.4, -0.2) is 41.8 Å². The number of hydrogen-bond acceptors (Lipinski definition) is 4. The highest BCUT2D eigenvalue weighted by molar-refractivity contribution is 5.33. The van der Waals surface area contributed by atoms with E-state index in [-0.39, 0.29) is 0 Å². The van der Waals surface area contributed by atoms with E-state index in [1.165, 1.54) is 12.8 Å². The van der Waals surface area contributed by atoms with E-state index >= 15 is 0 Å². The Morgan fingerprint density at radius 3 is 2.39 bits per heavy atom. The van der Waals surface area contributed by atoms with E-state index in [1.54, 1.807) is 0 Å². The number of nitrogens with one attached hydrogen (secondary N) is 1. The zero-order valence-electron chi connectivity index (χ0n) is 12.3. The topological polar surface area (TPSA) is 41.1 Å².